The second-order valence-corrected chi connectivity index (χ2v) is 2.59. The van der Waals surface area contributed by atoms with Crippen LogP contribution in [0.15, 0.2) is 0 Å². The molecule has 1 heterocycles. The van der Waals surface area contributed by atoms with E-state index < -0.39 is 0 Å². The summed E-state index contributed by atoms with van der Waals surface area (Å²) in [5.41, 5.74) is 0. The fraction of sp³-hybridized carbons (Fsp3) is 1.00. The van der Waals surface area contributed by atoms with E-state index in [0.717, 1.165) is 26.2 Å². The van der Waals surface area contributed by atoms with Gasteiger partial charge >= 0.3 is 0 Å². The van der Waals surface area contributed by atoms with Gasteiger partial charge in [-0.3, -0.25) is 0 Å². The largest absolute Gasteiger partial charge is 0.394 e. The maximum absolute atomic E-state index is 8.53. The lowest BCUT2D eigenvalue weighted by Crippen LogP contribution is -2.40. The van der Waals surface area contributed by atoms with Crippen LogP contribution in [-0.4, -0.2) is 51.1 Å². The van der Waals surface area contributed by atoms with Crippen molar-refractivity contribution in [1.82, 2.24) is 10.6 Å². The van der Waals surface area contributed by atoms with Crippen molar-refractivity contribution in [2.45, 2.75) is 13.0 Å². The van der Waals surface area contributed by atoms with Gasteiger partial charge in [-0.2, -0.15) is 0 Å². The molecule has 1 atom stereocenters. The van der Waals surface area contributed by atoms with Crippen molar-refractivity contribution in [2.75, 3.05) is 39.9 Å². The number of morpholine rings is 1. The molecule has 74 valence electrons. The SMILES string of the molecule is CCNC.OCC1CNCCO1. The maximum Gasteiger partial charge on any atom is 0.0930 e. The Morgan fingerprint density at radius 1 is 1.67 bits per heavy atom. The highest BCUT2D eigenvalue weighted by atomic mass is 16.5. The highest BCUT2D eigenvalue weighted by Gasteiger charge is 2.10. The second-order valence-electron chi connectivity index (χ2n) is 2.59. The average Bonchev–Trinajstić information content (AvgIpc) is 2.19. The van der Waals surface area contributed by atoms with Gasteiger partial charge < -0.3 is 20.5 Å². The minimum Gasteiger partial charge on any atom is -0.394 e. The van der Waals surface area contributed by atoms with Crippen molar-refractivity contribution in [2.24, 2.45) is 0 Å². The molecule has 0 aliphatic carbocycles. The van der Waals surface area contributed by atoms with E-state index in [9.17, 15) is 0 Å². The summed E-state index contributed by atoms with van der Waals surface area (Å²) in [6, 6.07) is 0. The summed E-state index contributed by atoms with van der Waals surface area (Å²) in [5.74, 6) is 0. The Hall–Kier alpha value is -0.160. The zero-order chi connectivity index (χ0) is 9.23. The summed E-state index contributed by atoms with van der Waals surface area (Å²) in [5, 5.41) is 14.6. The van der Waals surface area contributed by atoms with Crippen LogP contribution in [-0.2, 0) is 4.74 Å². The second kappa shape index (κ2) is 8.93. The minimum absolute atomic E-state index is 0.0312. The number of aliphatic hydroxyl groups excluding tert-OH is 1. The number of hydrogen-bond acceptors (Lipinski definition) is 4. The van der Waals surface area contributed by atoms with Crippen LogP contribution in [0.5, 0.6) is 0 Å². The molecule has 0 radical (unpaired) electrons. The molecule has 1 fully saturated rings. The topological polar surface area (TPSA) is 53.5 Å². The highest BCUT2D eigenvalue weighted by Crippen LogP contribution is 1.92. The Kier molecular flexibility index (Phi) is 8.81. The van der Waals surface area contributed by atoms with E-state index in [1.165, 1.54) is 0 Å². The van der Waals surface area contributed by atoms with Gasteiger partial charge in [-0.15, -0.1) is 0 Å². The lowest BCUT2D eigenvalue weighted by atomic mass is 10.3. The molecule has 12 heavy (non-hydrogen) atoms. The first kappa shape index (κ1) is 11.8. The molecule has 4 nitrogen and oxygen atoms in total. The van der Waals surface area contributed by atoms with Crippen molar-refractivity contribution >= 4 is 0 Å². The molecular formula is C8H20N2O2. The van der Waals surface area contributed by atoms with E-state index in [-0.39, 0.29) is 12.7 Å². The Bertz CT molecular complexity index is 83.1. The maximum atomic E-state index is 8.53. The Balaban J connectivity index is 0.000000261. The predicted octanol–water partition coefficient (Wildman–Crippen LogP) is -0.807. The van der Waals surface area contributed by atoms with Crippen LogP contribution in [0.4, 0.5) is 0 Å². The molecule has 0 aromatic rings. The Labute approximate surface area is 74.3 Å². The third kappa shape index (κ3) is 6.54. The molecule has 0 bridgehead atoms. The summed E-state index contributed by atoms with van der Waals surface area (Å²) >= 11 is 0. The summed E-state index contributed by atoms with van der Waals surface area (Å²) in [6.07, 6.45) is 0.0312. The molecule has 4 heteroatoms. The van der Waals surface area contributed by atoms with Gasteiger partial charge in [0.05, 0.1) is 19.3 Å². The average molecular weight is 176 g/mol. The van der Waals surface area contributed by atoms with Gasteiger partial charge in [-0.25, -0.2) is 0 Å². The fourth-order valence-corrected chi connectivity index (χ4v) is 0.737. The van der Waals surface area contributed by atoms with Gasteiger partial charge in [0, 0.05) is 13.1 Å². The Morgan fingerprint density at radius 2 is 2.33 bits per heavy atom. The summed E-state index contributed by atoms with van der Waals surface area (Å²) in [7, 11) is 1.93. The zero-order valence-electron chi connectivity index (χ0n) is 7.97. The molecule has 1 aliphatic rings. The molecule has 0 aromatic carbocycles. The van der Waals surface area contributed by atoms with Crippen molar-refractivity contribution < 1.29 is 9.84 Å². The number of hydrogen-bond donors (Lipinski definition) is 3. The highest BCUT2D eigenvalue weighted by molar-refractivity contribution is 4.64. The third-order valence-corrected chi connectivity index (χ3v) is 1.56. The number of rotatable bonds is 2. The molecule has 0 aromatic heterocycles. The van der Waals surface area contributed by atoms with Crippen LogP contribution in [0.3, 0.4) is 0 Å². The van der Waals surface area contributed by atoms with E-state index >= 15 is 0 Å². The first-order valence-corrected chi connectivity index (χ1v) is 4.42. The van der Waals surface area contributed by atoms with E-state index in [0.29, 0.717) is 0 Å². The molecule has 0 saturated carbocycles. The van der Waals surface area contributed by atoms with Crippen LogP contribution < -0.4 is 10.6 Å². The van der Waals surface area contributed by atoms with E-state index in [2.05, 4.69) is 17.6 Å². The molecule has 1 saturated heterocycles. The van der Waals surface area contributed by atoms with Crippen LogP contribution >= 0.6 is 0 Å². The zero-order valence-corrected chi connectivity index (χ0v) is 7.97. The van der Waals surface area contributed by atoms with E-state index in [1.807, 2.05) is 7.05 Å². The normalized spacial score (nSPS) is 22.8. The van der Waals surface area contributed by atoms with Crippen molar-refractivity contribution in [1.29, 1.82) is 0 Å². The molecular weight excluding hydrogens is 156 g/mol. The van der Waals surface area contributed by atoms with Gasteiger partial charge in [0.15, 0.2) is 0 Å². The van der Waals surface area contributed by atoms with Gasteiger partial charge in [0.1, 0.15) is 0 Å². The Morgan fingerprint density at radius 3 is 2.58 bits per heavy atom. The summed E-state index contributed by atoms with van der Waals surface area (Å²) in [6.45, 7) is 5.70. The van der Waals surface area contributed by atoms with Crippen LogP contribution in [0.2, 0.25) is 0 Å². The third-order valence-electron chi connectivity index (χ3n) is 1.56. The lowest BCUT2D eigenvalue weighted by Gasteiger charge is -2.21. The van der Waals surface area contributed by atoms with E-state index in [1.54, 1.807) is 0 Å². The van der Waals surface area contributed by atoms with Gasteiger partial charge in [0.25, 0.3) is 0 Å². The first-order valence-electron chi connectivity index (χ1n) is 4.42. The summed E-state index contributed by atoms with van der Waals surface area (Å²) < 4.78 is 5.11. The summed E-state index contributed by atoms with van der Waals surface area (Å²) in [4.78, 5) is 0. The molecule has 1 unspecified atom stereocenters. The number of nitrogens with one attached hydrogen (secondary N) is 2. The van der Waals surface area contributed by atoms with Crippen molar-refractivity contribution in [3.63, 3.8) is 0 Å². The quantitative estimate of drug-likeness (QED) is 0.515. The van der Waals surface area contributed by atoms with Crippen molar-refractivity contribution in [3.05, 3.63) is 0 Å². The molecule has 3 N–H and O–H groups in total. The molecule has 0 amide bonds. The van der Waals surface area contributed by atoms with Crippen LogP contribution in [0.25, 0.3) is 0 Å². The first-order chi connectivity index (χ1) is 5.85. The van der Waals surface area contributed by atoms with Gasteiger partial charge in [-0.05, 0) is 13.6 Å². The number of ether oxygens (including phenoxy) is 1. The monoisotopic (exact) mass is 176 g/mol. The minimum atomic E-state index is 0.0312. The van der Waals surface area contributed by atoms with Gasteiger partial charge in [0.2, 0.25) is 0 Å². The van der Waals surface area contributed by atoms with E-state index in [4.69, 9.17) is 9.84 Å². The fourth-order valence-electron chi connectivity index (χ4n) is 0.737. The van der Waals surface area contributed by atoms with Crippen molar-refractivity contribution in [3.8, 4) is 0 Å². The standard InChI is InChI=1S/C5H11NO2.C3H9N/c7-4-5-3-6-1-2-8-5;1-3-4-2/h5-7H,1-4H2;4H,3H2,1-2H3. The lowest BCUT2D eigenvalue weighted by molar-refractivity contribution is -0.00618. The molecule has 0 spiro atoms. The van der Waals surface area contributed by atoms with Crippen LogP contribution in [0.1, 0.15) is 6.92 Å². The smallest absolute Gasteiger partial charge is 0.0930 e. The van der Waals surface area contributed by atoms with Gasteiger partial charge in [-0.1, -0.05) is 6.92 Å². The van der Waals surface area contributed by atoms with Crippen LogP contribution in [0, 0.1) is 0 Å². The molecule has 1 rings (SSSR count). The molecule has 1 aliphatic heterocycles. The predicted molar refractivity (Wildman–Crippen MR) is 49.3 cm³/mol. The number of aliphatic hydroxyl groups is 1.